The second-order valence-corrected chi connectivity index (χ2v) is 2.67. The highest BCUT2D eigenvalue weighted by Crippen LogP contribution is 2.14. The van der Waals surface area contributed by atoms with Crippen molar-refractivity contribution >= 4 is 5.87 Å². The fourth-order valence-electron chi connectivity index (χ4n) is 0.974. The van der Waals surface area contributed by atoms with Gasteiger partial charge in [-0.2, -0.15) is 0 Å². The average molecular weight is 136 g/mol. The fourth-order valence-corrected chi connectivity index (χ4v) is 0.974. The molecule has 0 amide bonds. The summed E-state index contributed by atoms with van der Waals surface area (Å²) in [5.41, 5.74) is 1.23. The molecule has 0 spiro atoms. The molecule has 0 aromatic rings. The Hall–Kier alpha value is -1.01. The maximum atomic E-state index is 3.99. The average Bonchev–Trinajstić information content (AvgIpc) is 1.88. The number of nitrogens with zero attached hydrogens (tertiary/aromatic N) is 2. The van der Waals surface area contributed by atoms with Gasteiger partial charge in [0.25, 0.3) is 0 Å². The summed E-state index contributed by atoms with van der Waals surface area (Å²) in [5, 5.41) is 5.84. The predicted molar refractivity (Wildman–Crippen MR) is 42.7 cm³/mol. The summed E-state index contributed by atoms with van der Waals surface area (Å²) in [7, 11) is 1.94. The number of allylic oxidation sites excluding steroid dienone is 3. The molecule has 0 unspecified atom stereocenters. The van der Waals surface area contributed by atoms with Crippen LogP contribution in [0.4, 0.5) is 0 Å². The van der Waals surface area contributed by atoms with E-state index in [-0.39, 0.29) is 0 Å². The van der Waals surface area contributed by atoms with Crippen molar-refractivity contribution in [2.45, 2.75) is 13.8 Å². The molecule has 10 heavy (non-hydrogen) atoms. The van der Waals surface area contributed by atoms with Gasteiger partial charge in [0.15, 0.2) is 0 Å². The molecule has 2 heteroatoms. The van der Waals surface area contributed by atoms with Gasteiger partial charge in [-0.3, -0.25) is 5.01 Å². The molecule has 0 atom stereocenters. The molecule has 54 valence electrons. The molecule has 2 nitrogen and oxygen atoms in total. The van der Waals surface area contributed by atoms with Crippen LogP contribution < -0.4 is 0 Å². The molecule has 0 aromatic carbocycles. The van der Waals surface area contributed by atoms with E-state index in [4.69, 9.17) is 0 Å². The molecule has 0 fully saturated rings. The van der Waals surface area contributed by atoms with Crippen LogP contribution in [0.5, 0.6) is 0 Å². The van der Waals surface area contributed by atoms with Gasteiger partial charge in [-0.25, -0.2) is 0 Å². The summed E-state index contributed by atoms with van der Waals surface area (Å²) in [6, 6.07) is 0. The highest BCUT2D eigenvalue weighted by atomic mass is 15.4. The molecule has 0 saturated carbocycles. The van der Waals surface area contributed by atoms with Gasteiger partial charge in [0.2, 0.25) is 0 Å². The Morgan fingerprint density at radius 2 is 2.30 bits per heavy atom. The van der Waals surface area contributed by atoms with E-state index in [2.05, 4.69) is 24.8 Å². The van der Waals surface area contributed by atoms with Crippen LogP contribution in [-0.2, 0) is 0 Å². The lowest BCUT2D eigenvalue weighted by Crippen LogP contribution is -2.16. The fraction of sp³-hybridized carbons (Fsp3) is 0.500. The van der Waals surface area contributed by atoms with E-state index in [0.29, 0.717) is 5.92 Å². The molecule has 1 aliphatic heterocycles. The third kappa shape index (κ3) is 1.28. The smallest absolute Gasteiger partial charge is 0.0404 e. The molecule has 0 aromatic heterocycles. The minimum Gasteiger partial charge on any atom is -0.264 e. The second-order valence-electron chi connectivity index (χ2n) is 2.67. The van der Waals surface area contributed by atoms with E-state index in [9.17, 15) is 0 Å². The van der Waals surface area contributed by atoms with Gasteiger partial charge in [-0.1, -0.05) is 13.8 Å². The molecule has 1 heterocycles. The monoisotopic (exact) mass is 136 g/mol. The molecule has 0 saturated heterocycles. The highest BCUT2D eigenvalue weighted by molar-refractivity contribution is 5.56. The van der Waals surface area contributed by atoms with Crippen LogP contribution >= 0.6 is 0 Å². The summed E-state index contributed by atoms with van der Waals surface area (Å²) in [6.07, 6.45) is 3.88. The van der Waals surface area contributed by atoms with Crippen LogP contribution in [0.15, 0.2) is 23.0 Å². The van der Waals surface area contributed by atoms with E-state index >= 15 is 0 Å². The minimum absolute atomic E-state index is 0.534. The Balaban J connectivity index is 2.80. The zero-order valence-electron chi connectivity index (χ0n) is 6.63. The Bertz CT molecular complexity index is 207. The van der Waals surface area contributed by atoms with Crippen molar-refractivity contribution in [3.8, 4) is 0 Å². The van der Waals surface area contributed by atoms with Crippen molar-refractivity contribution in [1.82, 2.24) is 5.01 Å². The van der Waals surface area contributed by atoms with Gasteiger partial charge in [-0.05, 0) is 12.0 Å². The lowest BCUT2D eigenvalue weighted by molar-refractivity contribution is 0.396. The summed E-state index contributed by atoms with van der Waals surface area (Å²) in [4.78, 5) is 0. The first-order valence-corrected chi connectivity index (χ1v) is 3.45. The zero-order valence-corrected chi connectivity index (χ0v) is 6.63. The summed E-state index contributed by atoms with van der Waals surface area (Å²) in [6.45, 7) is 4.30. The molecule has 0 bridgehead atoms. The van der Waals surface area contributed by atoms with E-state index in [1.54, 1.807) is 0 Å². The molecule has 0 N–H and O–H groups in total. The molecule has 0 radical (unpaired) electrons. The van der Waals surface area contributed by atoms with Crippen molar-refractivity contribution < 1.29 is 0 Å². The molecular formula is C8H12N2. The third-order valence-corrected chi connectivity index (χ3v) is 1.50. The first kappa shape index (κ1) is 7.10. The summed E-state index contributed by atoms with van der Waals surface area (Å²) in [5.74, 6) is 3.30. The van der Waals surface area contributed by atoms with E-state index in [1.165, 1.54) is 5.70 Å². The van der Waals surface area contributed by atoms with E-state index < -0.39 is 0 Å². The Morgan fingerprint density at radius 3 is 2.70 bits per heavy atom. The van der Waals surface area contributed by atoms with Gasteiger partial charge < -0.3 is 0 Å². The molecule has 1 rings (SSSR count). The number of hydrazone groups is 1. The predicted octanol–water partition coefficient (Wildman–Crippen LogP) is 1.61. The lowest BCUT2D eigenvalue weighted by Gasteiger charge is -2.19. The van der Waals surface area contributed by atoms with Gasteiger partial charge in [-0.15, -0.1) is 5.10 Å². The Kier molecular flexibility index (Phi) is 1.93. The van der Waals surface area contributed by atoms with E-state index in [0.717, 1.165) is 0 Å². The van der Waals surface area contributed by atoms with Crippen LogP contribution in [-0.4, -0.2) is 17.9 Å². The van der Waals surface area contributed by atoms with E-state index in [1.807, 2.05) is 24.2 Å². The van der Waals surface area contributed by atoms with Crippen molar-refractivity contribution in [2.24, 2.45) is 11.0 Å². The van der Waals surface area contributed by atoms with Gasteiger partial charge >= 0.3 is 0 Å². The van der Waals surface area contributed by atoms with Gasteiger partial charge in [0, 0.05) is 24.7 Å². The second kappa shape index (κ2) is 2.72. The van der Waals surface area contributed by atoms with Crippen LogP contribution in [0.25, 0.3) is 0 Å². The summed E-state index contributed by atoms with van der Waals surface area (Å²) >= 11 is 0. The van der Waals surface area contributed by atoms with Crippen molar-refractivity contribution in [1.29, 1.82) is 0 Å². The van der Waals surface area contributed by atoms with Gasteiger partial charge in [0.1, 0.15) is 0 Å². The number of rotatable bonds is 1. The topological polar surface area (TPSA) is 15.6 Å². The Morgan fingerprint density at radius 1 is 1.60 bits per heavy atom. The molecule has 0 aliphatic carbocycles. The number of hydrogen-bond acceptors (Lipinski definition) is 2. The van der Waals surface area contributed by atoms with Crippen molar-refractivity contribution in [3.05, 3.63) is 17.8 Å². The number of hydrogen-bond donors (Lipinski definition) is 0. The summed E-state index contributed by atoms with van der Waals surface area (Å²) < 4.78 is 0. The molecule has 1 aliphatic rings. The van der Waals surface area contributed by atoms with Gasteiger partial charge in [0.05, 0.1) is 0 Å². The van der Waals surface area contributed by atoms with Crippen LogP contribution in [0.2, 0.25) is 0 Å². The largest absolute Gasteiger partial charge is 0.264 e. The maximum Gasteiger partial charge on any atom is 0.0404 e. The van der Waals surface area contributed by atoms with Crippen LogP contribution in [0.1, 0.15) is 13.8 Å². The third-order valence-electron chi connectivity index (χ3n) is 1.50. The van der Waals surface area contributed by atoms with Crippen LogP contribution in [0, 0.1) is 5.92 Å². The quantitative estimate of drug-likeness (QED) is 0.534. The SMILES string of the molecule is CC(C)C1=CC=C=NN1C. The normalized spacial score (nSPS) is 16.4. The molecular weight excluding hydrogens is 124 g/mol. The maximum absolute atomic E-state index is 3.99. The van der Waals surface area contributed by atoms with Crippen molar-refractivity contribution in [2.75, 3.05) is 7.05 Å². The minimum atomic E-state index is 0.534. The Labute approximate surface area is 61.5 Å². The van der Waals surface area contributed by atoms with Crippen LogP contribution in [0.3, 0.4) is 0 Å². The highest BCUT2D eigenvalue weighted by Gasteiger charge is 2.07. The van der Waals surface area contributed by atoms with Crippen molar-refractivity contribution in [3.63, 3.8) is 0 Å². The standard InChI is InChI=1S/C8H12N2/c1-7(2)8-5-4-6-9-10(8)3/h4-5,7H,1-3H3. The first-order chi connectivity index (χ1) is 4.72. The zero-order chi connectivity index (χ0) is 7.56. The first-order valence-electron chi connectivity index (χ1n) is 3.45. The lowest BCUT2D eigenvalue weighted by atomic mass is 10.1.